The standard InChI is InChI=1S/C12H15N3O3S/c1-9-7-15-12(18-9)8-14-10-3-5-11(6-4-10)19(16,17)13-2/h3-7,13-14H,8H2,1-2H3. The van der Waals surface area contributed by atoms with E-state index in [2.05, 4.69) is 15.0 Å². The van der Waals surface area contributed by atoms with Gasteiger partial charge < -0.3 is 9.73 Å². The molecule has 0 aliphatic carbocycles. The highest BCUT2D eigenvalue weighted by atomic mass is 32.2. The molecule has 0 amide bonds. The van der Waals surface area contributed by atoms with Gasteiger partial charge in [0.25, 0.3) is 0 Å². The molecule has 0 aliphatic heterocycles. The molecular formula is C12H15N3O3S. The molecule has 0 radical (unpaired) electrons. The van der Waals surface area contributed by atoms with Crippen molar-refractivity contribution in [3.05, 3.63) is 42.1 Å². The average molecular weight is 281 g/mol. The normalized spacial score (nSPS) is 11.5. The summed E-state index contributed by atoms with van der Waals surface area (Å²) >= 11 is 0. The van der Waals surface area contributed by atoms with Gasteiger partial charge in [-0.2, -0.15) is 0 Å². The fourth-order valence-electron chi connectivity index (χ4n) is 1.53. The van der Waals surface area contributed by atoms with Crippen LogP contribution in [0.1, 0.15) is 11.7 Å². The number of aryl methyl sites for hydroxylation is 1. The zero-order valence-corrected chi connectivity index (χ0v) is 11.5. The molecule has 0 saturated heterocycles. The van der Waals surface area contributed by atoms with Crippen molar-refractivity contribution < 1.29 is 12.8 Å². The Kier molecular flexibility index (Phi) is 3.87. The van der Waals surface area contributed by atoms with Crippen molar-refractivity contribution in [3.8, 4) is 0 Å². The molecule has 0 saturated carbocycles. The van der Waals surface area contributed by atoms with Crippen LogP contribution in [0.15, 0.2) is 39.8 Å². The van der Waals surface area contributed by atoms with Crippen LogP contribution < -0.4 is 10.0 Å². The molecule has 0 atom stereocenters. The molecule has 102 valence electrons. The van der Waals surface area contributed by atoms with Crippen LogP contribution >= 0.6 is 0 Å². The summed E-state index contributed by atoms with van der Waals surface area (Å²) in [4.78, 5) is 4.30. The van der Waals surface area contributed by atoms with Gasteiger partial charge in [0, 0.05) is 5.69 Å². The highest BCUT2D eigenvalue weighted by Gasteiger charge is 2.10. The monoisotopic (exact) mass is 281 g/mol. The van der Waals surface area contributed by atoms with Crippen LogP contribution in [0, 0.1) is 6.92 Å². The van der Waals surface area contributed by atoms with Gasteiger partial charge in [0.1, 0.15) is 5.76 Å². The van der Waals surface area contributed by atoms with Gasteiger partial charge in [-0.25, -0.2) is 18.1 Å². The molecule has 2 N–H and O–H groups in total. The van der Waals surface area contributed by atoms with E-state index in [-0.39, 0.29) is 4.90 Å². The van der Waals surface area contributed by atoms with E-state index >= 15 is 0 Å². The van der Waals surface area contributed by atoms with Crippen molar-refractivity contribution in [1.82, 2.24) is 9.71 Å². The third kappa shape index (κ3) is 3.33. The van der Waals surface area contributed by atoms with E-state index in [0.717, 1.165) is 11.4 Å². The Hall–Kier alpha value is -1.86. The maximum atomic E-state index is 11.5. The second kappa shape index (κ2) is 5.41. The second-order valence-electron chi connectivity index (χ2n) is 3.95. The SMILES string of the molecule is CNS(=O)(=O)c1ccc(NCc2ncc(C)o2)cc1. The summed E-state index contributed by atoms with van der Waals surface area (Å²) in [7, 11) is -2.01. The van der Waals surface area contributed by atoms with Crippen molar-refractivity contribution >= 4 is 15.7 Å². The first-order chi connectivity index (χ1) is 9.01. The second-order valence-corrected chi connectivity index (χ2v) is 5.84. The highest BCUT2D eigenvalue weighted by Crippen LogP contribution is 2.14. The van der Waals surface area contributed by atoms with Crippen molar-refractivity contribution in [2.45, 2.75) is 18.4 Å². The lowest BCUT2D eigenvalue weighted by Crippen LogP contribution is -2.18. The molecule has 0 aliphatic rings. The van der Waals surface area contributed by atoms with E-state index in [1.807, 2.05) is 6.92 Å². The number of hydrogen-bond acceptors (Lipinski definition) is 5. The minimum absolute atomic E-state index is 0.229. The van der Waals surface area contributed by atoms with Gasteiger partial charge in [-0.1, -0.05) is 0 Å². The lowest BCUT2D eigenvalue weighted by Gasteiger charge is -2.06. The number of hydrogen-bond donors (Lipinski definition) is 2. The van der Waals surface area contributed by atoms with E-state index in [1.165, 1.54) is 19.2 Å². The number of nitrogens with zero attached hydrogens (tertiary/aromatic N) is 1. The van der Waals surface area contributed by atoms with Crippen LogP contribution in [-0.2, 0) is 16.6 Å². The zero-order chi connectivity index (χ0) is 13.9. The molecule has 19 heavy (non-hydrogen) atoms. The number of nitrogens with one attached hydrogen (secondary N) is 2. The Morgan fingerprint density at radius 1 is 1.26 bits per heavy atom. The molecule has 0 spiro atoms. The van der Waals surface area contributed by atoms with Gasteiger partial charge in [-0.3, -0.25) is 0 Å². The number of sulfonamides is 1. The van der Waals surface area contributed by atoms with E-state index in [1.54, 1.807) is 18.3 Å². The Morgan fingerprint density at radius 3 is 2.47 bits per heavy atom. The summed E-state index contributed by atoms with van der Waals surface area (Å²) in [5.74, 6) is 1.34. The third-order valence-electron chi connectivity index (χ3n) is 2.55. The van der Waals surface area contributed by atoms with Crippen LogP contribution in [0.2, 0.25) is 0 Å². The average Bonchev–Trinajstić information content (AvgIpc) is 2.83. The smallest absolute Gasteiger partial charge is 0.240 e. The van der Waals surface area contributed by atoms with Crippen molar-refractivity contribution in [2.75, 3.05) is 12.4 Å². The van der Waals surface area contributed by atoms with Crippen molar-refractivity contribution in [3.63, 3.8) is 0 Å². The summed E-state index contributed by atoms with van der Waals surface area (Å²) < 4.78 is 30.7. The molecule has 2 rings (SSSR count). The molecule has 0 fully saturated rings. The minimum Gasteiger partial charge on any atom is -0.444 e. The first kappa shape index (κ1) is 13.6. The Morgan fingerprint density at radius 2 is 1.95 bits per heavy atom. The maximum absolute atomic E-state index is 11.5. The summed E-state index contributed by atoms with van der Waals surface area (Å²) in [5, 5.41) is 3.10. The van der Waals surface area contributed by atoms with Gasteiger partial charge in [0.05, 0.1) is 17.6 Å². The summed E-state index contributed by atoms with van der Waals surface area (Å²) in [5.41, 5.74) is 0.797. The minimum atomic E-state index is -3.39. The van der Waals surface area contributed by atoms with E-state index in [0.29, 0.717) is 12.4 Å². The Balaban J connectivity index is 2.03. The lowest BCUT2D eigenvalue weighted by molar-refractivity contribution is 0.479. The number of anilines is 1. The largest absolute Gasteiger partial charge is 0.444 e. The molecular weight excluding hydrogens is 266 g/mol. The Bertz CT molecular complexity index is 647. The summed E-state index contributed by atoms with van der Waals surface area (Å²) in [6.45, 7) is 2.28. The van der Waals surface area contributed by atoms with E-state index in [4.69, 9.17) is 4.42 Å². The number of benzene rings is 1. The summed E-state index contributed by atoms with van der Waals surface area (Å²) in [6, 6.07) is 6.46. The number of aromatic nitrogens is 1. The molecule has 1 aromatic heterocycles. The van der Waals surface area contributed by atoms with Crippen molar-refractivity contribution in [1.29, 1.82) is 0 Å². The maximum Gasteiger partial charge on any atom is 0.240 e. The van der Waals surface area contributed by atoms with E-state index < -0.39 is 10.0 Å². The zero-order valence-electron chi connectivity index (χ0n) is 10.7. The van der Waals surface area contributed by atoms with Crippen molar-refractivity contribution in [2.24, 2.45) is 0 Å². The van der Waals surface area contributed by atoms with Gasteiger partial charge >= 0.3 is 0 Å². The van der Waals surface area contributed by atoms with Crippen LogP contribution in [0.5, 0.6) is 0 Å². The fourth-order valence-corrected chi connectivity index (χ4v) is 2.26. The predicted octanol–water partition coefficient (Wildman–Crippen LogP) is 1.50. The van der Waals surface area contributed by atoms with Crippen LogP contribution in [0.25, 0.3) is 0 Å². The topological polar surface area (TPSA) is 84.2 Å². The number of oxazole rings is 1. The summed E-state index contributed by atoms with van der Waals surface area (Å²) in [6.07, 6.45) is 1.65. The molecule has 1 heterocycles. The quantitative estimate of drug-likeness (QED) is 0.867. The molecule has 7 heteroatoms. The highest BCUT2D eigenvalue weighted by molar-refractivity contribution is 7.89. The fraction of sp³-hybridized carbons (Fsp3) is 0.250. The van der Waals surface area contributed by atoms with Gasteiger partial charge in [-0.15, -0.1) is 0 Å². The molecule has 1 aromatic carbocycles. The molecule has 6 nitrogen and oxygen atoms in total. The molecule has 2 aromatic rings. The predicted molar refractivity (Wildman–Crippen MR) is 71.3 cm³/mol. The molecule has 0 unspecified atom stereocenters. The van der Waals surface area contributed by atoms with Crippen LogP contribution in [0.4, 0.5) is 5.69 Å². The van der Waals surface area contributed by atoms with Crippen LogP contribution in [0.3, 0.4) is 0 Å². The van der Waals surface area contributed by atoms with Gasteiger partial charge in [0.2, 0.25) is 15.9 Å². The number of rotatable bonds is 5. The molecule has 0 bridgehead atoms. The van der Waals surface area contributed by atoms with Gasteiger partial charge in [-0.05, 0) is 38.2 Å². The first-order valence-electron chi connectivity index (χ1n) is 5.70. The third-order valence-corrected chi connectivity index (χ3v) is 3.98. The lowest BCUT2D eigenvalue weighted by atomic mass is 10.3. The first-order valence-corrected chi connectivity index (χ1v) is 7.18. The Labute approximate surface area is 111 Å². The van der Waals surface area contributed by atoms with Gasteiger partial charge in [0.15, 0.2) is 0 Å². The van der Waals surface area contributed by atoms with E-state index in [9.17, 15) is 8.42 Å². The van der Waals surface area contributed by atoms with Crippen LogP contribution in [-0.4, -0.2) is 20.4 Å².